The van der Waals surface area contributed by atoms with Gasteiger partial charge in [0.15, 0.2) is 0 Å². The molecule has 2 rings (SSSR count). The van der Waals surface area contributed by atoms with Gasteiger partial charge in [-0.25, -0.2) is 9.97 Å². The van der Waals surface area contributed by atoms with Gasteiger partial charge < -0.3 is 10.2 Å². The predicted molar refractivity (Wildman–Crippen MR) is 79.4 cm³/mol. The van der Waals surface area contributed by atoms with Gasteiger partial charge >= 0.3 is 0 Å². The highest BCUT2D eigenvalue weighted by Crippen LogP contribution is 2.20. The van der Waals surface area contributed by atoms with Crippen LogP contribution in [-0.4, -0.2) is 35.5 Å². The van der Waals surface area contributed by atoms with E-state index in [1.165, 1.54) is 0 Å². The number of nitrogens with one attached hydrogen (secondary N) is 1. The Hall–Kier alpha value is -1.65. The number of hydrogen-bond acceptors (Lipinski definition) is 4. The standard InChI is InChI=1S/C15H24N4O/c1-12(2)6-9-16-14(20)13-5-3-10-19(11-13)15-17-7-4-8-18-15/h4,7-8,12-13H,3,5-6,9-11H2,1-2H3,(H,16,20)/t13-/m0/s1. The molecule has 1 amide bonds. The Balaban J connectivity index is 1.85. The first kappa shape index (κ1) is 14.8. The maximum Gasteiger partial charge on any atom is 0.225 e. The lowest BCUT2D eigenvalue weighted by Crippen LogP contribution is -2.44. The van der Waals surface area contributed by atoms with Gasteiger partial charge in [0.25, 0.3) is 0 Å². The molecule has 0 aliphatic carbocycles. The third-order valence-electron chi connectivity index (χ3n) is 3.65. The van der Waals surface area contributed by atoms with E-state index in [2.05, 4.69) is 34.0 Å². The van der Waals surface area contributed by atoms with Gasteiger partial charge in [0.05, 0.1) is 5.92 Å². The number of carbonyl (C=O) groups excluding carboxylic acids is 1. The van der Waals surface area contributed by atoms with Crippen LogP contribution in [0.15, 0.2) is 18.5 Å². The van der Waals surface area contributed by atoms with Crippen molar-refractivity contribution < 1.29 is 4.79 Å². The van der Waals surface area contributed by atoms with Crippen LogP contribution in [0.5, 0.6) is 0 Å². The first-order valence-corrected chi connectivity index (χ1v) is 7.46. The van der Waals surface area contributed by atoms with Crippen LogP contribution in [0, 0.1) is 11.8 Å². The summed E-state index contributed by atoms with van der Waals surface area (Å²) in [5, 5.41) is 3.05. The van der Waals surface area contributed by atoms with E-state index >= 15 is 0 Å². The van der Waals surface area contributed by atoms with Crippen LogP contribution < -0.4 is 10.2 Å². The zero-order valence-electron chi connectivity index (χ0n) is 12.4. The third-order valence-corrected chi connectivity index (χ3v) is 3.65. The van der Waals surface area contributed by atoms with Gasteiger partial charge in [-0.05, 0) is 31.2 Å². The zero-order valence-corrected chi connectivity index (χ0v) is 12.4. The van der Waals surface area contributed by atoms with Crippen molar-refractivity contribution in [2.24, 2.45) is 11.8 Å². The van der Waals surface area contributed by atoms with Crippen LogP contribution in [0.3, 0.4) is 0 Å². The van der Waals surface area contributed by atoms with Crippen LogP contribution in [0.1, 0.15) is 33.1 Å². The van der Waals surface area contributed by atoms with Gasteiger partial charge in [-0.15, -0.1) is 0 Å². The molecule has 0 radical (unpaired) electrons. The number of anilines is 1. The maximum atomic E-state index is 12.2. The molecule has 0 saturated carbocycles. The second-order valence-corrected chi connectivity index (χ2v) is 5.81. The molecule has 1 aliphatic rings. The molecule has 0 unspecified atom stereocenters. The van der Waals surface area contributed by atoms with Crippen LogP contribution in [0.2, 0.25) is 0 Å². The van der Waals surface area contributed by atoms with Gasteiger partial charge in [0, 0.05) is 32.0 Å². The summed E-state index contributed by atoms with van der Waals surface area (Å²) in [7, 11) is 0. The minimum Gasteiger partial charge on any atom is -0.356 e. The Bertz CT molecular complexity index is 421. The molecule has 1 atom stereocenters. The van der Waals surface area contributed by atoms with Gasteiger partial charge in [0.1, 0.15) is 0 Å². The third kappa shape index (κ3) is 4.18. The number of rotatable bonds is 5. The van der Waals surface area contributed by atoms with E-state index in [0.717, 1.165) is 44.8 Å². The van der Waals surface area contributed by atoms with Crippen LogP contribution in [0.4, 0.5) is 5.95 Å². The van der Waals surface area contributed by atoms with Gasteiger partial charge in [0.2, 0.25) is 11.9 Å². The SMILES string of the molecule is CC(C)CCNC(=O)[C@H]1CCCN(c2ncccn2)C1. The van der Waals surface area contributed by atoms with Gasteiger partial charge in [-0.1, -0.05) is 13.8 Å². The average Bonchev–Trinajstić information content (AvgIpc) is 2.48. The fourth-order valence-corrected chi connectivity index (χ4v) is 2.46. The molecule has 1 saturated heterocycles. The molecule has 1 aromatic rings. The molecule has 0 aromatic carbocycles. The largest absolute Gasteiger partial charge is 0.356 e. The van der Waals surface area contributed by atoms with E-state index < -0.39 is 0 Å². The highest BCUT2D eigenvalue weighted by molar-refractivity contribution is 5.79. The second kappa shape index (κ2) is 7.22. The summed E-state index contributed by atoms with van der Waals surface area (Å²) >= 11 is 0. The molecular formula is C15H24N4O. The summed E-state index contributed by atoms with van der Waals surface area (Å²) < 4.78 is 0. The number of nitrogens with zero attached hydrogens (tertiary/aromatic N) is 3. The fraction of sp³-hybridized carbons (Fsp3) is 0.667. The molecule has 1 aromatic heterocycles. The van der Waals surface area contributed by atoms with Gasteiger partial charge in [-0.2, -0.15) is 0 Å². The smallest absolute Gasteiger partial charge is 0.225 e. The molecular weight excluding hydrogens is 252 g/mol. The number of hydrogen-bond donors (Lipinski definition) is 1. The summed E-state index contributed by atoms with van der Waals surface area (Å²) in [5.41, 5.74) is 0. The van der Waals surface area contributed by atoms with Crippen molar-refractivity contribution in [1.29, 1.82) is 0 Å². The molecule has 5 heteroatoms. The van der Waals surface area contributed by atoms with E-state index in [1.54, 1.807) is 12.4 Å². The Morgan fingerprint density at radius 2 is 2.20 bits per heavy atom. The van der Waals surface area contributed by atoms with Crippen molar-refractivity contribution in [3.05, 3.63) is 18.5 Å². The van der Waals surface area contributed by atoms with Crippen LogP contribution >= 0.6 is 0 Å². The maximum absolute atomic E-state index is 12.2. The van der Waals surface area contributed by atoms with Crippen LogP contribution in [-0.2, 0) is 4.79 Å². The first-order chi connectivity index (χ1) is 9.66. The normalized spacial score (nSPS) is 19.1. The monoisotopic (exact) mass is 276 g/mol. The topological polar surface area (TPSA) is 58.1 Å². The summed E-state index contributed by atoms with van der Waals surface area (Å²) in [4.78, 5) is 22.8. The highest BCUT2D eigenvalue weighted by Gasteiger charge is 2.26. The molecule has 1 fully saturated rings. The highest BCUT2D eigenvalue weighted by atomic mass is 16.1. The molecule has 0 spiro atoms. The lowest BCUT2D eigenvalue weighted by atomic mass is 9.97. The van der Waals surface area contributed by atoms with Crippen LogP contribution in [0.25, 0.3) is 0 Å². The Labute approximate surface area is 120 Å². The number of piperidine rings is 1. The van der Waals surface area contributed by atoms with E-state index in [0.29, 0.717) is 5.92 Å². The first-order valence-electron chi connectivity index (χ1n) is 7.46. The summed E-state index contributed by atoms with van der Waals surface area (Å²) in [6.45, 7) is 6.76. The minimum atomic E-state index is 0.0553. The minimum absolute atomic E-state index is 0.0553. The zero-order chi connectivity index (χ0) is 14.4. The number of carbonyl (C=O) groups is 1. The molecule has 110 valence electrons. The molecule has 2 heterocycles. The fourth-order valence-electron chi connectivity index (χ4n) is 2.46. The molecule has 5 nitrogen and oxygen atoms in total. The number of amides is 1. The van der Waals surface area contributed by atoms with Crippen molar-refractivity contribution in [2.75, 3.05) is 24.5 Å². The predicted octanol–water partition coefficient (Wildman–Crippen LogP) is 1.86. The van der Waals surface area contributed by atoms with E-state index in [-0.39, 0.29) is 11.8 Å². The van der Waals surface area contributed by atoms with Crippen molar-refractivity contribution in [1.82, 2.24) is 15.3 Å². The van der Waals surface area contributed by atoms with Crippen molar-refractivity contribution in [2.45, 2.75) is 33.1 Å². The summed E-state index contributed by atoms with van der Waals surface area (Å²) in [6.07, 6.45) is 6.49. The quantitative estimate of drug-likeness (QED) is 0.891. The lowest BCUT2D eigenvalue weighted by molar-refractivity contribution is -0.125. The Morgan fingerprint density at radius 1 is 1.45 bits per heavy atom. The van der Waals surface area contributed by atoms with E-state index in [1.807, 2.05) is 6.07 Å². The molecule has 1 N–H and O–H groups in total. The van der Waals surface area contributed by atoms with E-state index in [4.69, 9.17) is 0 Å². The summed E-state index contributed by atoms with van der Waals surface area (Å²) in [5.74, 6) is 1.58. The molecule has 0 bridgehead atoms. The summed E-state index contributed by atoms with van der Waals surface area (Å²) in [6, 6.07) is 1.81. The molecule has 1 aliphatic heterocycles. The van der Waals surface area contributed by atoms with Crippen molar-refractivity contribution in [3.63, 3.8) is 0 Å². The average molecular weight is 276 g/mol. The molecule has 20 heavy (non-hydrogen) atoms. The Morgan fingerprint density at radius 3 is 2.90 bits per heavy atom. The van der Waals surface area contributed by atoms with Crippen molar-refractivity contribution >= 4 is 11.9 Å². The lowest BCUT2D eigenvalue weighted by Gasteiger charge is -2.31. The van der Waals surface area contributed by atoms with Crippen molar-refractivity contribution in [3.8, 4) is 0 Å². The number of aromatic nitrogens is 2. The van der Waals surface area contributed by atoms with E-state index in [9.17, 15) is 4.79 Å². The Kier molecular flexibility index (Phi) is 5.32. The second-order valence-electron chi connectivity index (χ2n) is 5.81. The van der Waals surface area contributed by atoms with Gasteiger partial charge in [-0.3, -0.25) is 4.79 Å².